The van der Waals surface area contributed by atoms with Gasteiger partial charge in [0.15, 0.2) is 5.78 Å². The minimum absolute atomic E-state index is 0.0341. The summed E-state index contributed by atoms with van der Waals surface area (Å²) in [6, 6.07) is 0. The van der Waals surface area contributed by atoms with Crippen molar-refractivity contribution in [3.05, 3.63) is 11.1 Å². The first-order valence-corrected chi connectivity index (χ1v) is 14.7. The van der Waals surface area contributed by atoms with Crippen molar-refractivity contribution in [2.45, 2.75) is 131 Å². The van der Waals surface area contributed by atoms with Crippen molar-refractivity contribution < 1.29 is 29.0 Å². The summed E-state index contributed by atoms with van der Waals surface area (Å²) in [5.41, 5.74) is 0.516. The Bertz CT molecular complexity index is 1100. The molecule has 1 saturated heterocycles. The molecular weight excluding hydrogens is 480 g/mol. The molecule has 5 rings (SSSR count). The van der Waals surface area contributed by atoms with Crippen LogP contribution in [0.2, 0.25) is 0 Å². The third-order valence-corrected chi connectivity index (χ3v) is 12.3. The molecule has 6 heteroatoms. The van der Waals surface area contributed by atoms with Gasteiger partial charge in [0.2, 0.25) is 0 Å². The Kier molecular flexibility index (Phi) is 6.26. The van der Waals surface area contributed by atoms with Crippen LogP contribution in [0.25, 0.3) is 0 Å². The van der Waals surface area contributed by atoms with Gasteiger partial charge in [0.05, 0.1) is 11.7 Å². The number of esters is 1. The van der Waals surface area contributed by atoms with Gasteiger partial charge in [-0.15, -0.1) is 0 Å². The number of epoxide rings is 1. The molecule has 4 fully saturated rings. The van der Waals surface area contributed by atoms with E-state index in [-0.39, 0.29) is 62.9 Å². The molecule has 0 amide bonds. The van der Waals surface area contributed by atoms with Gasteiger partial charge in [-0.3, -0.25) is 14.4 Å². The van der Waals surface area contributed by atoms with Crippen molar-refractivity contribution in [3.8, 4) is 0 Å². The maximum absolute atomic E-state index is 13.8. The van der Waals surface area contributed by atoms with Crippen molar-refractivity contribution in [2.24, 2.45) is 39.4 Å². The number of ether oxygens (including phenoxy) is 2. The number of Topliss-reactive ketones (excluding diaryl/α,β-unsaturated/α-hetero) is 2. The molecule has 0 bridgehead atoms. The molecule has 38 heavy (non-hydrogen) atoms. The van der Waals surface area contributed by atoms with E-state index in [1.54, 1.807) is 0 Å². The molecule has 1 aliphatic heterocycles. The van der Waals surface area contributed by atoms with Crippen LogP contribution >= 0.6 is 0 Å². The van der Waals surface area contributed by atoms with E-state index in [1.165, 1.54) is 6.92 Å². The van der Waals surface area contributed by atoms with E-state index in [0.717, 1.165) is 30.4 Å². The van der Waals surface area contributed by atoms with Crippen LogP contribution in [0, 0.1) is 39.4 Å². The Hall–Kier alpha value is -1.53. The summed E-state index contributed by atoms with van der Waals surface area (Å²) in [7, 11) is 0. The number of hydrogen-bond donors (Lipinski definition) is 1. The van der Waals surface area contributed by atoms with Crippen molar-refractivity contribution >= 4 is 17.5 Å². The summed E-state index contributed by atoms with van der Waals surface area (Å²) >= 11 is 0. The molecule has 0 aromatic rings. The van der Waals surface area contributed by atoms with E-state index in [9.17, 15) is 19.5 Å². The number of carbonyl (C=O) groups excluding carboxylic acids is 3. The van der Waals surface area contributed by atoms with Gasteiger partial charge in [-0.05, 0) is 80.1 Å². The summed E-state index contributed by atoms with van der Waals surface area (Å²) in [6.07, 6.45) is 3.59. The highest BCUT2D eigenvalue weighted by molar-refractivity contribution is 6.00. The summed E-state index contributed by atoms with van der Waals surface area (Å²) in [6.45, 7) is 18.6. The topological polar surface area (TPSA) is 93.2 Å². The van der Waals surface area contributed by atoms with Gasteiger partial charge < -0.3 is 14.6 Å². The lowest BCUT2D eigenvalue weighted by Crippen LogP contribution is -2.65. The Morgan fingerprint density at radius 2 is 1.74 bits per heavy atom. The standard InChI is InChI=1S/C32H48O6/c1-17(14-22(37-18(2)33)27-29(5,6)38-27)25-19-15-20(34)26-30(7)12-11-24(36)28(3,4)23(30)10-13-31(26,8)32(19,9)16-21(25)35/h17,20,22-23,26-27,34H,10-16H2,1-9H3/t17-,20+,22+,23+,26+,27-,30+,31+,32+/m1/s1. The quantitative estimate of drug-likeness (QED) is 0.369. The minimum Gasteiger partial charge on any atom is -0.460 e. The maximum Gasteiger partial charge on any atom is 0.302 e. The van der Waals surface area contributed by atoms with E-state index in [4.69, 9.17) is 9.47 Å². The SMILES string of the molecule is CC(=O)O[C@@H](C[C@@H](C)C1=C2C[C@H](O)[C@H]3[C@@]4(C)CCC(=O)C(C)(C)[C@@H]4CC[C@]3(C)[C@@]2(C)CC1=O)[C@H]1OC1(C)C. The zero-order chi connectivity index (χ0) is 28.2. The average molecular weight is 529 g/mol. The highest BCUT2D eigenvalue weighted by atomic mass is 16.6. The van der Waals surface area contributed by atoms with Crippen LogP contribution in [0.3, 0.4) is 0 Å². The van der Waals surface area contributed by atoms with Crippen molar-refractivity contribution in [1.29, 1.82) is 0 Å². The molecule has 9 atom stereocenters. The molecular formula is C32H48O6. The monoisotopic (exact) mass is 528 g/mol. The fourth-order valence-electron chi connectivity index (χ4n) is 10.3. The van der Waals surface area contributed by atoms with Crippen LogP contribution in [-0.2, 0) is 23.9 Å². The predicted molar refractivity (Wildman–Crippen MR) is 144 cm³/mol. The first-order valence-electron chi connectivity index (χ1n) is 14.7. The second-order valence-electron chi connectivity index (χ2n) is 15.2. The van der Waals surface area contributed by atoms with Gasteiger partial charge in [0.1, 0.15) is 18.0 Å². The summed E-state index contributed by atoms with van der Waals surface area (Å²) in [5.74, 6) is 0.350. The third-order valence-electron chi connectivity index (χ3n) is 12.3. The van der Waals surface area contributed by atoms with Crippen LogP contribution in [-0.4, -0.2) is 46.6 Å². The molecule has 4 aliphatic carbocycles. The zero-order valence-electron chi connectivity index (χ0n) is 24.9. The molecule has 6 nitrogen and oxygen atoms in total. The highest BCUT2D eigenvalue weighted by Gasteiger charge is 2.70. The van der Waals surface area contributed by atoms with Crippen LogP contribution in [0.15, 0.2) is 11.1 Å². The van der Waals surface area contributed by atoms with Gasteiger partial charge in [0, 0.05) is 30.6 Å². The van der Waals surface area contributed by atoms with Crippen LogP contribution in [0.5, 0.6) is 0 Å². The van der Waals surface area contributed by atoms with E-state index in [0.29, 0.717) is 31.5 Å². The lowest BCUT2D eigenvalue weighted by molar-refractivity contribution is -0.208. The van der Waals surface area contributed by atoms with Crippen LogP contribution < -0.4 is 0 Å². The molecule has 0 spiro atoms. The number of ketones is 2. The Labute approximate surface area is 228 Å². The van der Waals surface area contributed by atoms with Crippen molar-refractivity contribution in [2.75, 3.05) is 0 Å². The smallest absolute Gasteiger partial charge is 0.302 e. The normalized spacial score (nSPS) is 44.6. The first-order chi connectivity index (χ1) is 17.4. The number of aliphatic hydroxyl groups excluding tert-OH is 1. The molecule has 0 unspecified atom stereocenters. The van der Waals surface area contributed by atoms with E-state index in [1.807, 2.05) is 13.8 Å². The lowest BCUT2D eigenvalue weighted by atomic mass is 9.36. The van der Waals surface area contributed by atoms with E-state index < -0.39 is 12.2 Å². The number of allylic oxidation sites excluding steroid dienone is 1. The molecule has 5 aliphatic rings. The lowest BCUT2D eigenvalue weighted by Gasteiger charge is -2.68. The maximum atomic E-state index is 13.8. The molecule has 0 radical (unpaired) electrons. The van der Waals surface area contributed by atoms with Gasteiger partial charge in [-0.2, -0.15) is 0 Å². The van der Waals surface area contributed by atoms with Crippen LogP contribution in [0.1, 0.15) is 107 Å². The number of fused-ring (bicyclic) bond motifs is 5. The van der Waals surface area contributed by atoms with Crippen LogP contribution in [0.4, 0.5) is 0 Å². The third kappa shape index (κ3) is 3.75. The van der Waals surface area contributed by atoms with Gasteiger partial charge in [-0.1, -0.05) is 47.1 Å². The molecule has 0 aromatic heterocycles. The van der Waals surface area contributed by atoms with E-state index >= 15 is 0 Å². The fourth-order valence-corrected chi connectivity index (χ4v) is 10.3. The number of carbonyl (C=O) groups is 3. The van der Waals surface area contributed by atoms with Crippen molar-refractivity contribution in [1.82, 2.24) is 0 Å². The second-order valence-corrected chi connectivity index (χ2v) is 15.2. The van der Waals surface area contributed by atoms with Gasteiger partial charge >= 0.3 is 5.97 Å². The molecule has 212 valence electrons. The minimum atomic E-state index is -0.553. The number of hydrogen-bond acceptors (Lipinski definition) is 6. The molecule has 3 saturated carbocycles. The molecule has 1 N–H and O–H groups in total. The number of rotatable bonds is 5. The second kappa shape index (κ2) is 8.49. The zero-order valence-corrected chi connectivity index (χ0v) is 24.9. The predicted octanol–water partition coefficient (Wildman–Crippen LogP) is 5.59. The van der Waals surface area contributed by atoms with Gasteiger partial charge in [-0.25, -0.2) is 0 Å². The fraction of sp³-hybridized carbons (Fsp3) is 0.844. The Morgan fingerprint density at radius 3 is 2.32 bits per heavy atom. The Balaban J connectivity index is 1.50. The summed E-state index contributed by atoms with van der Waals surface area (Å²) in [5, 5.41) is 11.9. The Morgan fingerprint density at radius 1 is 1.11 bits per heavy atom. The molecule has 0 aromatic carbocycles. The highest BCUT2D eigenvalue weighted by Crippen LogP contribution is 2.73. The van der Waals surface area contributed by atoms with Crippen molar-refractivity contribution in [3.63, 3.8) is 0 Å². The molecule has 1 heterocycles. The average Bonchev–Trinajstić information content (AvgIpc) is 3.32. The summed E-state index contributed by atoms with van der Waals surface area (Å²) in [4.78, 5) is 38.6. The number of aliphatic hydroxyl groups is 1. The van der Waals surface area contributed by atoms with Gasteiger partial charge in [0.25, 0.3) is 0 Å². The van der Waals surface area contributed by atoms with E-state index in [2.05, 4.69) is 41.5 Å². The summed E-state index contributed by atoms with van der Waals surface area (Å²) < 4.78 is 11.5. The largest absolute Gasteiger partial charge is 0.460 e. The first kappa shape index (κ1) is 28.0.